The number of aromatic amines is 2. The molecule has 3 aromatic rings. The Bertz CT molecular complexity index is 1220. The summed E-state index contributed by atoms with van der Waals surface area (Å²) in [6.45, 7) is 1.78. The summed E-state index contributed by atoms with van der Waals surface area (Å²) in [5.41, 5.74) is 1.94. The molecule has 4 rings (SSSR count). The van der Waals surface area contributed by atoms with Crippen molar-refractivity contribution in [2.75, 3.05) is 12.4 Å². The molecule has 3 N–H and O–H groups in total. The lowest BCUT2D eigenvalue weighted by Crippen LogP contribution is -2.30. The van der Waals surface area contributed by atoms with E-state index < -0.39 is 11.9 Å². The molecule has 6 nitrogen and oxygen atoms in total. The van der Waals surface area contributed by atoms with Crippen molar-refractivity contribution in [2.24, 2.45) is 0 Å². The molecule has 0 saturated carbocycles. The minimum atomic E-state index is -0.588. The number of fused-ring (bicyclic) bond motifs is 2. The highest BCUT2D eigenvalue weighted by atomic mass is 32.1. The van der Waals surface area contributed by atoms with Crippen molar-refractivity contribution < 1.29 is 9.53 Å². The number of benzene rings is 2. The van der Waals surface area contributed by atoms with Gasteiger partial charge in [0.2, 0.25) is 0 Å². The lowest BCUT2D eigenvalue weighted by Gasteiger charge is -2.29. The highest BCUT2D eigenvalue weighted by Gasteiger charge is 2.36. The first-order valence-corrected chi connectivity index (χ1v) is 8.82. The van der Waals surface area contributed by atoms with Gasteiger partial charge in [0, 0.05) is 5.70 Å². The fourth-order valence-electron chi connectivity index (χ4n) is 3.68. The van der Waals surface area contributed by atoms with Gasteiger partial charge in [-0.25, -0.2) is 4.79 Å². The maximum atomic E-state index is 12.8. The number of ether oxygens (including phenoxy) is 1. The van der Waals surface area contributed by atoms with Crippen LogP contribution >= 0.6 is 12.2 Å². The van der Waals surface area contributed by atoms with Crippen LogP contribution in [0.2, 0.25) is 0 Å². The van der Waals surface area contributed by atoms with Crippen molar-refractivity contribution >= 4 is 34.8 Å². The summed E-state index contributed by atoms with van der Waals surface area (Å²) in [4.78, 5) is 31.0. The molecule has 1 unspecified atom stereocenters. The van der Waals surface area contributed by atoms with Crippen molar-refractivity contribution in [3.8, 4) is 0 Å². The zero-order valence-electron chi connectivity index (χ0n) is 14.8. The molecule has 1 atom stereocenters. The van der Waals surface area contributed by atoms with Crippen LogP contribution in [-0.4, -0.2) is 23.0 Å². The van der Waals surface area contributed by atoms with Crippen LogP contribution < -0.4 is 10.9 Å². The molecule has 0 saturated heterocycles. The van der Waals surface area contributed by atoms with E-state index in [0.717, 1.165) is 16.3 Å². The number of rotatable bonds is 2. The van der Waals surface area contributed by atoms with Gasteiger partial charge in [0.15, 0.2) is 4.77 Å². The monoisotopic (exact) mass is 379 g/mol. The largest absolute Gasteiger partial charge is 0.466 e. The van der Waals surface area contributed by atoms with Crippen LogP contribution in [0.4, 0.5) is 5.82 Å². The van der Waals surface area contributed by atoms with Crippen LogP contribution in [0.25, 0.3) is 10.8 Å². The Kier molecular flexibility index (Phi) is 4.16. The first-order chi connectivity index (χ1) is 13.0. The summed E-state index contributed by atoms with van der Waals surface area (Å²) in [5.74, 6) is -0.576. The topological polar surface area (TPSA) is 87.0 Å². The van der Waals surface area contributed by atoms with Gasteiger partial charge < -0.3 is 15.0 Å². The maximum Gasteiger partial charge on any atom is 0.336 e. The second kappa shape index (κ2) is 6.51. The smallest absolute Gasteiger partial charge is 0.336 e. The van der Waals surface area contributed by atoms with Crippen LogP contribution in [0.15, 0.2) is 58.5 Å². The van der Waals surface area contributed by atoms with Crippen LogP contribution in [-0.2, 0) is 9.53 Å². The molecule has 1 aliphatic heterocycles. The normalized spacial score (nSPS) is 16.0. The summed E-state index contributed by atoms with van der Waals surface area (Å²) >= 11 is 5.10. The molecule has 1 aromatic heterocycles. The third-order valence-corrected chi connectivity index (χ3v) is 5.02. The van der Waals surface area contributed by atoms with Gasteiger partial charge in [-0.15, -0.1) is 0 Å². The van der Waals surface area contributed by atoms with Crippen molar-refractivity contribution in [2.45, 2.75) is 12.8 Å². The number of nitrogens with one attached hydrogen (secondary N) is 3. The third kappa shape index (κ3) is 2.76. The van der Waals surface area contributed by atoms with E-state index in [1.165, 1.54) is 7.11 Å². The van der Waals surface area contributed by atoms with Crippen LogP contribution in [0.1, 0.15) is 24.0 Å². The fraction of sp³-hybridized carbons (Fsp3) is 0.150. The Hall–Kier alpha value is -3.19. The number of anilines is 1. The van der Waals surface area contributed by atoms with Gasteiger partial charge in [-0.05, 0) is 35.5 Å². The van der Waals surface area contributed by atoms with Crippen LogP contribution in [0.5, 0.6) is 0 Å². The number of methoxy groups -OCH3 is 1. The molecule has 0 aliphatic carbocycles. The predicted molar refractivity (Wildman–Crippen MR) is 106 cm³/mol. The number of H-pyrrole nitrogens is 2. The van der Waals surface area contributed by atoms with Gasteiger partial charge in [0.1, 0.15) is 5.82 Å². The number of esters is 1. The van der Waals surface area contributed by atoms with Crippen molar-refractivity contribution in [3.05, 3.63) is 80.0 Å². The number of carbonyl (C=O) groups is 1. The van der Waals surface area contributed by atoms with Crippen molar-refractivity contribution in [1.82, 2.24) is 9.97 Å². The lowest BCUT2D eigenvalue weighted by molar-refractivity contribution is -0.136. The van der Waals surface area contributed by atoms with Crippen LogP contribution in [0.3, 0.4) is 0 Å². The van der Waals surface area contributed by atoms with E-state index in [2.05, 4.69) is 15.3 Å². The van der Waals surface area contributed by atoms with E-state index in [4.69, 9.17) is 17.0 Å². The van der Waals surface area contributed by atoms with Gasteiger partial charge in [0.25, 0.3) is 5.56 Å². The Balaban J connectivity index is 2.10. The summed E-state index contributed by atoms with van der Waals surface area (Å²) in [7, 11) is 1.33. The van der Waals surface area contributed by atoms with Gasteiger partial charge in [0.05, 0.1) is 24.2 Å². The standard InChI is InChI=1S/C20H17N3O3S/c1-10-14(19(25)26-2)15(16-17(21-10)22-20(27)23-18(16)24)13-9-5-7-11-6-3-4-8-12(11)13/h3-9,15H,1-2H3,(H3,21,22,23,24,27). The van der Waals surface area contributed by atoms with E-state index in [1.54, 1.807) is 6.92 Å². The SMILES string of the molecule is COC(=O)C1=C(C)Nc2[nH]c(=S)[nH]c(=O)c2C1c1cccc2ccccc12. The fourth-order valence-corrected chi connectivity index (χ4v) is 3.87. The molecule has 0 fully saturated rings. The minimum absolute atomic E-state index is 0.220. The van der Waals surface area contributed by atoms with E-state index in [1.807, 2.05) is 42.5 Å². The van der Waals surface area contributed by atoms with Gasteiger partial charge in [-0.1, -0.05) is 42.5 Å². The number of carbonyl (C=O) groups excluding carboxylic acids is 1. The van der Waals surface area contributed by atoms with Gasteiger partial charge >= 0.3 is 5.97 Å². The molecule has 2 aromatic carbocycles. The zero-order chi connectivity index (χ0) is 19.1. The van der Waals surface area contributed by atoms with Gasteiger partial charge in [-0.3, -0.25) is 9.78 Å². The second-order valence-electron chi connectivity index (χ2n) is 6.35. The van der Waals surface area contributed by atoms with E-state index >= 15 is 0 Å². The van der Waals surface area contributed by atoms with E-state index in [0.29, 0.717) is 22.7 Å². The summed E-state index contributed by atoms with van der Waals surface area (Å²) < 4.78 is 5.24. The molecule has 0 radical (unpaired) electrons. The Morgan fingerprint density at radius 1 is 1.11 bits per heavy atom. The van der Waals surface area contributed by atoms with E-state index in [-0.39, 0.29) is 10.3 Å². The lowest BCUT2D eigenvalue weighted by atomic mass is 9.80. The molecule has 27 heavy (non-hydrogen) atoms. The van der Waals surface area contributed by atoms with Crippen LogP contribution in [0, 0.1) is 4.77 Å². The number of hydrogen-bond acceptors (Lipinski definition) is 5. The first kappa shape index (κ1) is 17.2. The first-order valence-electron chi connectivity index (χ1n) is 8.41. The highest BCUT2D eigenvalue weighted by Crippen LogP contribution is 2.41. The average Bonchev–Trinajstić information content (AvgIpc) is 2.65. The molecule has 7 heteroatoms. The Morgan fingerprint density at radius 2 is 1.85 bits per heavy atom. The van der Waals surface area contributed by atoms with Crippen molar-refractivity contribution in [1.29, 1.82) is 0 Å². The molecular weight excluding hydrogens is 362 g/mol. The van der Waals surface area contributed by atoms with E-state index in [9.17, 15) is 9.59 Å². The summed E-state index contributed by atoms with van der Waals surface area (Å²) in [5, 5.41) is 5.08. The Labute approximate surface area is 159 Å². The maximum absolute atomic E-state index is 12.8. The summed E-state index contributed by atoms with van der Waals surface area (Å²) in [6.07, 6.45) is 0. The zero-order valence-corrected chi connectivity index (χ0v) is 15.6. The third-order valence-electron chi connectivity index (χ3n) is 4.81. The average molecular weight is 379 g/mol. The minimum Gasteiger partial charge on any atom is -0.466 e. The Morgan fingerprint density at radius 3 is 2.63 bits per heavy atom. The number of hydrogen-bond donors (Lipinski definition) is 3. The molecule has 2 heterocycles. The van der Waals surface area contributed by atoms with Crippen molar-refractivity contribution in [3.63, 3.8) is 0 Å². The highest BCUT2D eigenvalue weighted by molar-refractivity contribution is 7.71. The molecular formula is C20H17N3O3S. The molecule has 0 amide bonds. The summed E-state index contributed by atoms with van der Waals surface area (Å²) in [6, 6.07) is 13.7. The second-order valence-corrected chi connectivity index (χ2v) is 6.76. The van der Waals surface area contributed by atoms with Gasteiger partial charge in [-0.2, -0.15) is 0 Å². The predicted octanol–water partition coefficient (Wildman–Crippen LogP) is 3.59. The number of allylic oxidation sites excluding steroid dienone is 1. The number of aromatic nitrogens is 2. The molecule has 0 bridgehead atoms. The molecule has 136 valence electrons. The quantitative estimate of drug-likeness (QED) is 0.468. The molecule has 1 aliphatic rings. The molecule has 0 spiro atoms.